The number of carbonyl (C=O) groups is 1. The maximum atomic E-state index is 12.7. The zero-order valence-corrected chi connectivity index (χ0v) is 10.3. The van der Waals surface area contributed by atoms with Crippen LogP contribution in [0.1, 0.15) is 27.9 Å². The van der Waals surface area contributed by atoms with Crippen LogP contribution in [0.15, 0.2) is 48.5 Å². The lowest BCUT2D eigenvalue weighted by molar-refractivity contribution is 0.0982. The van der Waals surface area contributed by atoms with Crippen LogP contribution in [-0.2, 0) is 6.42 Å². The minimum atomic E-state index is -0.246. The van der Waals surface area contributed by atoms with E-state index in [0.717, 1.165) is 16.7 Å². The van der Waals surface area contributed by atoms with Crippen molar-refractivity contribution < 1.29 is 9.18 Å². The van der Waals surface area contributed by atoms with Gasteiger partial charge in [0.15, 0.2) is 5.78 Å². The van der Waals surface area contributed by atoms with Gasteiger partial charge in [0.1, 0.15) is 5.82 Å². The van der Waals surface area contributed by atoms with Crippen LogP contribution in [0.25, 0.3) is 0 Å². The Morgan fingerprint density at radius 1 is 1.06 bits per heavy atom. The molecule has 0 saturated carbocycles. The number of rotatable bonds is 4. The van der Waals surface area contributed by atoms with Crippen molar-refractivity contribution in [2.45, 2.75) is 19.8 Å². The van der Waals surface area contributed by atoms with Crippen molar-refractivity contribution in [1.82, 2.24) is 0 Å². The minimum absolute atomic E-state index is 0.137. The summed E-state index contributed by atoms with van der Waals surface area (Å²) >= 11 is 0. The number of halogens is 1. The molecule has 0 saturated heterocycles. The second kappa shape index (κ2) is 5.58. The minimum Gasteiger partial charge on any atom is -0.294 e. The molecule has 0 fully saturated rings. The fourth-order valence-electron chi connectivity index (χ4n) is 1.93. The lowest BCUT2D eigenvalue weighted by Gasteiger charge is -2.04. The van der Waals surface area contributed by atoms with Crippen molar-refractivity contribution in [2.24, 2.45) is 0 Å². The molecular weight excluding hydrogens is 227 g/mol. The van der Waals surface area contributed by atoms with Crippen LogP contribution in [0.4, 0.5) is 4.39 Å². The highest BCUT2D eigenvalue weighted by molar-refractivity contribution is 5.97. The summed E-state index contributed by atoms with van der Waals surface area (Å²) in [6, 6.07) is 13.9. The highest BCUT2D eigenvalue weighted by atomic mass is 19.1. The monoisotopic (exact) mass is 242 g/mol. The molecule has 0 aliphatic rings. The van der Waals surface area contributed by atoms with Crippen molar-refractivity contribution in [2.75, 3.05) is 0 Å². The van der Waals surface area contributed by atoms with E-state index in [1.807, 2.05) is 31.2 Å². The van der Waals surface area contributed by atoms with E-state index in [0.29, 0.717) is 12.8 Å². The molecule has 92 valence electrons. The van der Waals surface area contributed by atoms with Crippen LogP contribution in [0.2, 0.25) is 0 Å². The maximum Gasteiger partial charge on any atom is 0.163 e. The lowest BCUT2D eigenvalue weighted by atomic mass is 9.99. The second-order valence-electron chi connectivity index (χ2n) is 4.36. The fraction of sp³-hybridized carbons (Fsp3) is 0.188. The normalized spacial score (nSPS) is 10.3. The Kier molecular flexibility index (Phi) is 3.88. The van der Waals surface area contributed by atoms with Gasteiger partial charge in [0.05, 0.1) is 0 Å². The number of hydrogen-bond acceptors (Lipinski definition) is 1. The molecule has 0 aliphatic heterocycles. The van der Waals surface area contributed by atoms with E-state index >= 15 is 0 Å². The lowest BCUT2D eigenvalue weighted by Crippen LogP contribution is -2.03. The van der Waals surface area contributed by atoms with Crippen molar-refractivity contribution >= 4 is 5.78 Å². The Morgan fingerprint density at radius 2 is 1.72 bits per heavy atom. The predicted molar refractivity (Wildman–Crippen MR) is 70.2 cm³/mol. The zero-order valence-electron chi connectivity index (χ0n) is 10.3. The topological polar surface area (TPSA) is 17.1 Å². The molecule has 0 unspecified atom stereocenters. The first-order chi connectivity index (χ1) is 8.66. The number of carbonyl (C=O) groups excluding carboxylic acids is 1. The molecule has 0 radical (unpaired) electrons. The quantitative estimate of drug-likeness (QED) is 0.742. The van der Waals surface area contributed by atoms with Crippen LogP contribution in [0.3, 0.4) is 0 Å². The molecule has 0 atom stereocenters. The summed E-state index contributed by atoms with van der Waals surface area (Å²) in [5.41, 5.74) is 2.76. The van der Waals surface area contributed by atoms with Gasteiger partial charge in [0.2, 0.25) is 0 Å². The van der Waals surface area contributed by atoms with Gasteiger partial charge >= 0.3 is 0 Å². The molecule has 0 aromatic heterocycles. The number of aryl methyl sites for hydroxylation is 2. The van der Waals surface area contributed by atoms with Gasteiger partial charge in [-0.1, -0.05) is 36.4 Å². The first kappa shape index (κ1) is 12.5. The highest BCUT2D eigenvalue weighted by Gasteiger charge is 2.08. The summed E-state index contributed by atoms with van der Waals surface area (Å²) in [6.45, 7) is 1.94. The van der Waals surface area contributed by atoms with Crippen molar-refractivity contribution in [3.05, 3.63) is 71.0 Å². The largest absolute Gasteiger partial charge is 0.294 e. The molecule has 0 N–H and O–H groups in total. The van der Waals surface area contributed by atoms with E-state index in [4.69, 9.17) is 0 Å². The fourth-order valence-corrected chi connectivity index (χ4v) is 1.93. The van der Waals surface area contributed by atoms with Gasteiger partial charge in [0.25, 0.3) is 0 Å². The molecule has 0 amide bonds. The van der Waals surface area contributed by atoms with Crippen LogP contribution in [-0.4, -0.2) is 5.78 Å². The molecule has 0 bridgehead atoms. The van der Waals surface area contributed by atoms with Crippen molar-refractivity contribution in [3.8, 4) is 0 Å². The number of ketones is 1. The molecule has 0 spiro atoms. The summed E-state index contributed by atoms with van der Waals surface area (Å²) in [6.07, 6.45) is 1.10. The summed E-state index contributed by atoms with van der Waals surface area (Å²) < 4.78 is 12.7. The maximum absolute atomic E-state index is 12.7. The average Bonchev–Trinajstić information content (AvgIpc) is 2.38. The Morgan fingerprint density at radius 3 is 2.39 bits per heavy atom. The van der Waals surface area contributed by atoms with Gasteiger partial charge in [-0.25, -0.2) is 4.39 Å². The number of benzene rings is 2. The third-order valence-corrected chi connectivity index (χ3v) is 3.00. The van der Waals surface area contributed by atoms with Crippen LogP contribution >= 0.6 is 0 Å². The van der Waals surface area contributed by atoms with Gasteiger partial charge in [-0.3, -0.25) is 4.79 Å². The summed E-state index contributed by atoms with van der Waals surface area (Å²) in [5, 5.41) is 0. The van der Waals surface area contributed by atoms with E-state index in [9.17, 15) is 9.18 Å². The Labute approximate surface area is 106 Å². The molecular formula is C16H15FO. The number of Topliss-reactive ketones (excluding diaryl/α,β-unsaturated/α-hetero) is 1. The first-order valence-corrected chi connectivity index (χ1v) is 6.00. The standard InChI is InChI=1S/C16H15FO/c1-12-4-2-3-5-15(12)16(18)11-8-13-6-9-14(17)10-7-13/h2-7,9-10H,8,11H2,1H3. The molecule has 1 nitrogen and oxygen atoms in total. The average molecular weight is 242 g/mol. The molecule has 0 aliphatic carbocycles. The highest BCUT2D eigenvalue weighted by Crippen LogP contribution is 2.12. The Hall–Kier alpha value is -1.96. The van der Waals surface area contributed by atoms with Gasteiger partial charge in [-0.15, -0.1) is 0 Å². The first-order valence-electron chi connectivity index (χ1n) is 6.00. The van der Waals surface area contributed by atoms with Crippen molar-refractivity contribution in [1.29, 1.82) is 0 Å². The van der Waals surface area contributed by atoms with E-state index in [1.165, 1.54) is 12.1 Å². The number of hydrogen-bond donors (Lipinski definition) is 0. The smallest absolute Gasteiger partial charge is 0.163 e. The van der Waals surface area contributed by atoms with E-state index < -0.39 is 0 Å². The molecule has 2 aromatic carbocycles. The summed E-state index contributed by atoms with van der Waals surface area (Å²) in [4.78, 5) is 12.0. The third-order valence-electron chi connectivity index (χ3n) is 3.00. The zero-order chi connectivity index (χ0) is 13.0. The van der Waals surface area contributed by atoms with Crippen LogP contribution in [0.5, 0.6) is 0 Å². The summed E-state index contributed by atoms with van der Waals surface area (Å²) in [7, 11) is 0. The van der Waals surface area contributed by atoms with Gasteiger partial charge in [-0.05, 0) is 36.6 Å². The predicted octanol–water partition coefficient (Wildman–Crippen LogP) is 3.95. The molecule has 0 heterocycles. The Bertz CT molecular complexity index is 543. The van der Waals surface area contributed by atoms with E-state index in [2.05, 4.69) is 0 Å². The van der Waals surface area contributed by atoms with Crippen LogP contribution in [0, 0.1) is 12.7 Å². The van der Waals surface area contributed by atoms with E-state index in [-0.39, 0.29) is 11.6 Å². The molecule has 18 heavy (non-hydrogen) atoms. The molecule has 2 aromatic rings. The molecule has 2 heteroatoms. The van der Waals surface area contributed by atoms with Crippen molar-refractivity contribution in [3.63, 3.8) is 0 Å². The van der Waals surface area contributed by atoms with Gasteiger partial charge in [0, 0.05) is 12.0 Å². The Balaban J connectivity index is 2.01. The van der Waals surface area contributed by atoms with Crippen LogP contribution < -0.4 is 0 Å². The van der Waals surface area contributed by atoms with Gasteiger partial charge < -0.3 is 0 Å². The molecule has 2 rings (SSSR count). The third kappa shape index (κ3) is 3.04. The van der Waals surface area contributed by atoms with E-state index in [1.54, 1.807) is 12.1 Å². The SMILES string of the molecule is Cc1ccccc1C(=O)CCc1ccc(F)cc1. The van der Waals surface area contributed by atoms with Gasteiger partial charge in [-0.2, -0.15) is 0 Å². The summed E-state index contributed by atoms with van der Waals surface area (Å²) in [5.74, 6) is -0.110. The second-order valence-corrected chi connectivity index (χ2v) is 4.36.